The van der Waals surface area contributed by atoms with Gasteiger partial charge in [-0.2, -0.15) is 0 Å². The molecule has 3 heterocycles. The van der Waals surface area contributed by atoms with Gasteiger partial charge in [0.15, 0.2) is 5.65 Å². The third-order valence-corrected chi connectivity index (χ3v) is 5.49. The van der Waals surface area contributed by atoms with Crippen LogP contribution in [0.4, 0.5) is 10.6 Å². The van der Waals surface area contributed by atoms with E-state index in [0.717, 1.165) is 50.0 Å². The van der Waals surface area contributed by atoms with Crippen molar-refractivity contribution >= 4 is 23.5 Å². The van der Waals surface area contributed by atoms with Gasteiger partial charge < -0.3 is 19.8 Å². The number of carbonyl (C=O) groups is 2. The molecular formula is C23H36N6O3. The zero-order valence-corrected chi connectivity index (χ0v) is 19.7. The second kappa shape index (κ2) is 10.8. The Balaban J connectivity index is 1.35. The molecule has 2 aromatic rings. The molecule has 0 unspecified atom stereocenters. The molecule has 0 bridgehead atoms. The molecule has 0 spiro atoms. The van der Waals surface area contributed by atoms with Gasteiger partial charge in [-0.1, -0.05) is 12.8 Å². The van der Waals surface area contributed by atoms with E-state index in [-0.39, 0.29) is 12.0 Å². The highest BCUT2D eigenvalue weighted by Gasteiger charge is 2.25. The van der Waals surface area contributed by atoms with Gasteiger partial charge in [0, 0.05) is 19.2 Å². The van der Waals surface area contributed by atoms with Gasteiger partial charge in [-0.25, -0.2) is 14.8 Å². The van der Waals surface area contributed by atoms with Crippen LogP contribution in [0, 0.1) is 0 Å². The number of anilines is 1. The molecule has 0 radical (unpaired) electrons. The van der Waals surface area contributed by atoms with Crippen molar-refractivity contribution in [2.75, 3.05) is 25.5 Å². The molecule has 1 fully saturated rings. The molecule has 2 aromatic heterocycles. The topological polar surface area (TPSA) is 101 Å². The van der Waals surface area contributed by atoms with E-state index in [1.807, 2.05) is 37.6 Å². The van der Waals surface area contributed by atoms with E-state index in [4.69, 9.17) is 9.72 Å². The smallest absolute Gasteiger partial charge is 0.407 e. The molecule has 1 aliphatic heterocycles. The van der Waals surface area contributed by atoms with Crippen LogP contribution in [0.3, 0.4) is 0 Å². The van der Waals surface area contributed by atoms with E-state index < -0.39 is 5.60 Å². The Morgan fingerprint density at radius 1 is 1.19 bits per heavy atom. The summed E-state index contributed by atoms with van der Waals surface area (Å²) in [5.41, 5.74) is 1.36. The van der Waals surface area contributed by atoms with E-state index in [2.05, 4.69) is 27.6 Å². The van der Waals surface area contributed by atoms with E-state index in [1.165, 1.54) is 6.42 Å². The van der Waals surface area contributed by atoms with Gasteiger partial charge in [0.1, 0.15) is 11.4 Å². The lowest BCUT2D eigenvalue weighted by atomic mass is 10.1. The van der Waals surface area contributed by atoms with E-state index >= 15 is 0 Å². The monoisotopic (exact) mass is 444 g/mol. The highest BCUT2D eigenvalue weighted by atomic mass is 16.6. The molecule has 0 aromatic carbocycles. The summed E-state index contributed by atoms with van der Waals surface area (Å²) in [4.78, 5) is 35.2. The summed E-state index contributed by atoms with van der Waals surface area (Å²) in [6.45, 7) is 7.19. The first-order valence-corrected chi connectivity index (χ1v) is 11.5. The van der Waals surface area contributed by atoms with Crippen molar-refractivity contribution in [1.82, 2.24) is 24.6 Å². The SMILES string of the molecule is CN1CCC[C@@H]1c1cn2cc(NC(=O)CCCCCCNC(=O)OC(C)(C)C)ncc2n1. The number of hydrogen-bond donors (Lipinski definition) is 2. The number of alkyl carbamates (subject to hydrolysis) is 1. The number of rotatable bonds is 9. The predicted molar refractivity (Wildman–Crippen MR) is 124 cm³/mol. The van der Waals surface area contributed by atoms with Crippen molar-refractivity contribution in [1.29, 1.82) is 0 Å². The molecule has 3 rings (SSSR count). The summed E-state index contributed by atoms with van der Waals surface area (Å²) in [5, 5.41) is 5.63. The molecule has 2 amide bonds. The fourth-order valence-electron chi connectivity index (χ4n) is 3.90. The van der Waals surface area contributed by atoms with Crippen LogP contribution in [0.25, 0.3) is 5.65 Å². The minimum Gasteiger partial charge on any atom is -0.444 e. The Morgan fingerprint density at radius 3 is 2.69 bits per heavy atom. The number of imidazole rings is 1. The molecule has 9 heteroatoms. The number of ether oxygens (including phenoxy) is 1. The summed E-state index contributed by atoms with van der Waals surface area (Å²) in [6, 6.07) is 0.354. The first-order chi connectivity index (χ1) is 15.2. The van der Waals surface area contributed by atoms with Crippen LogP contribution in [-0.4, -0.2) is 57.0 Å². The van der Waals surface area contributed by atoms with Crippen LogP contribution < -0.4 is 10.6 Å². The molecule has 0 aliphatic carbocycles. The standard InChI is InChI=1S/C23H36N6O3/c1-23(2,3)32-22(31)24-12-8-6-5-7-11-21(30)27-19-16-29-15-17(26-20(29)14-25-19)18-10-9-13-28(18)4/h14-16,18H,5-13H2,1-4H3,(H,24,31)(H,27,30)/t18-/m1/s1. The van der Waals surface area contributed by atoms with Gasteiger partial charge >= 0.3 is 6.09 Å². The zero-order chi connectivity index (χ0) is 23.1. The molecule has 2 N–H and O–H groups in total. The number of fused-ring (bicyclic) bond motifs is 1. The van der Waals surface area contributed by atoms with Gasteiger partial charge in [0.25, 0.3) is 0 Å². The molecule has 32 heavy (non-hydrogen) atoms. The summed E-state index contributed by atoms with van der Waals surface area (Å²) >= 11 is 0. The van der Waals surface area contributed by atoms with E-state index in [0.29, 0.717) is 24.8 Å². The Morgan fingerprint density at radius 2 is 1.97 bits per heavy atom. The van der Waals surface area contributed by atoms with Crippen LogP contribution in [0.5, 0.6) is 0 Å². The lowest BCUT2D eigenvalue weighted by Gasteiger charge is -2.19. The van der Waals surface area contributed by atoms with Gasteiger partial charge in [0.05, 0.1) is 24.1 Å². The molecule has 1 aliphatic rings. The van der Waals surface area contributed by atoms with Crippen LogP contribution in [-0.2, 0) is 9.53 Å². The Kier molecular flexibility index (Phi) is 8.06. The largest absolute Gasteiger partial charge is 0.444 e. The lowest BCUT2D eigenvalue weighted by molar-refractivity contribution is -0.116. The number of unbranched alkanes of at least 4 members (excludes halogenated alkanes) is 3. The van der Waals surface area contributed by atoms with Gasteiger partial charge in [-0.15, -0.1) is 0 Å². The molecule has 0 saturated carbocycles. The van der Waals surface area contributed by atoms with Crippen molar-refractivity contribution in [3.63, 3.8) is 0 Å². The second-order valence-electron chi connectivity index (χ2n) is 9.48. The number of nitrogens with one attached hydrogen (secondary N) is 2. The fraction of sp³-hybridized carbons (Fsp3) is 0.652. The molecule has 9 nitrogen and oxygen atoms in total. The van der Waals surface area contributed by atoms with E-state index in [9.17, 15) is 9.59 Å². The highest BCUT2D eigenvalue weighted by Crippen LogP contribution is 2.29. The minimum atomic E-state index is -0.482. The summed E-state index contributed by atoms with van der Waals surface area (Å²) in [7, 11) is 2.13. The lowest BCUT2D eigenvalue weighted by Crippen LogP contribution is -2.32. The van der Waals surface area contributed by atoms with Gasteiger partial charge in [-0.05, 0) is 60.0 Å². The quantitative estimate of drug-likeness (QED) is 0.569. The highest BCUT2D eigenvalue weighted by molar-refractivity contribution is 5.89. The number of likely N-dealkylation sites (tertiary alicyclic amines) is 1. The number of amides is 2. The number of carbonyl (C=O) groups excluding carboxylic acids is 2. The van der Waals surface area contributed by atoms with Crippen molar-refractivity contribution in [3.8, 4) is 0 Å². The Bertz CT molecular complexity index is 920. The van der Waals surface area contributed by atoms with Gasteiger partial charge in [0.2, 0.25) is 5.91 Å². The third-order valence-electron chi connectivity index (χ3n) is 5.49. The minimum absolute atomic E-state index is 0.0420. The summed E-state index contributed by atoms with van der Waals surface area (Å²) in [6.07, 6.45) is 11.4. The maximum absolute atomic E-state index is 12.3. The average Bonchev–Trinajstić information content (AvgIpc) is 3.31. The number of nitrogens with zero attached hydrogens (tertiary/aromatic N) is 4. The summed E-state index contributed by atoms with van der Waals surface area (Å²) < 4.78 is 7.13. The normalized spacial score (nSPS) is 16.9. The number of hydrogen-bond acceptors (Lipinski definition) is 6. The van der Waals surface area contributed by atoms with Crippen LogP contribution in [0.15, 0.2) is 18.6 Å². The molecule has 1 saturated heterocycles. The molecule has 1 atom stereocenters. The molecular weight excluding hydrogens is 408 g/mol. The van der Waals surface area contributed by atoms with Crippen LogP contribution in [0.1, 0.15) is 77.5 Å². The summed E-state index contributed by atoms with van der Waals surface area (Å²) in [5.74, 6) is 0.493. The maximum Gasteiger partial charge on any atom is 0.407 e. The van der Waals surface area contributed by atoms with Crippen molar-refractivity contribution in [2.45, 2.75) is 77.4 Å². The van der Waals surface area contributed by atoms with Crippen molar-refractivity contribution in [3.05, 3.63) is 24.3 Å². The van der Waals surface area contributed by atoms with Crippen molar-refractivity contribution < 1.29 is 14.3 Å². The Hall–Kier alpha value is -2.68. The maximum atomic E-state index is 12.3. The first kappa shape index (κ1) is 24.0. The average molecular weight is 445 g/mol. The van der Waals surface area contributed by atoms with Crippen LogP contribution in [0.2, 0.25) is 0 Å². The van der Waals surface area contributed by atoms with Gasteiger partial charge in [-0.3, -0.25) is 9.69 Å². The first-order valence-electron chi connectivity index (χ1n) is 11.5. The predicted octanol–water partition coefficient (Wildman–Crippen LogP) is 3.91. The third kappa shape index (κ3) is 7.19. The van der Waals surface area contributed by atoms with E-state index in [1.54, 1.807) is 6.20 Å². The van der Waals surface area contributed by atoms with Crippen LogP contribution >= 0.6 is 0 Å². The Labute approximate surface area is 189 Å². The zero-order valence-electron chi connectivity index (χ0n) is 19.7. The van der Waals surface area contributed by atoms with Crippen molar-refractivity contribution in [2.24, 2.45) is 0 Å². The number of aromatic nitrogens is 3. The second-order valence-corrected chi connectivity index (χ2v) is 9.48. The fourth-order valence-corrected chi connectivity index (χ4v) is 3.90. The molecule has 176 valence electrons.